The van der Waals surface area contributed by atoms with Crippen LogP contribution in [0.4, 0.5) is 5.69 Å². The molecule has 2 heterocycles. The summed E-state index contributed by atoms with van der Waals surface area (Å²) in [5, 5.41) is 7.28. The van der Waals surface area contributed by atoms with E-state index in [1.165, 1.54) is 0 Å². The van der Waals surface area contributed by atoms with Gasteiger partial charge in [0.05, 0.1) is 16.6 Å². The van der Waals surface area contributed by atoms with Gasteiger partial charge in [-0.15, -0.1) is 0 Å². The van der Waals surface area contributed by atoms with E-state index in [4.69, 9.17) is 9.26 Å². The van der Waals surface area contributed by atoms with Crippen LogP contribution in [-0.4, -0.2) is 28.6 Å². The van der Waals surface area contributed by atoms with Crippen LogP contribution in [0.15, 0.2) is 22.7 Å². The Bertz CT molecular complexity index is 1110. The number of pyridine rings is 1. The normalized spacial score (nSPS) is 13.5. The maximum Gasteiger partial charge on any atom is 0.339 e. The molecule has 0 aliphatic heterocycles. The summed E-state index contributed by atoms with van der Waals surface area (Å²) in [6, 6.07) is 5.73. The molecule has 0 radical (unpaired) electrons. The lowest BCUT2D eigenvalue weighted by Crippen LogP contribution is -2.22. The molecule has 1 N–H and O–H groups in total. The minimum absolute atomic E-state index is 0.328. The van der Waals surface area contributed by atoms with Crippen LogP contribution in [0.3, 0.4) is 0 Å². The SMILES string of the molecule is Cc1cc(C)c(NC(=O)COC(=O)c2cc(C3CC3)nc3onc(C)c23)c(C)c1. The Hall–Kier alpha value is -3.22. The van der Waals surface area contributed by atoms with Crippen molar-refractivity contribution >= 4 is 28.7 Å². The van der Waals surface area contributed by atoms with Gasteiger partial charge in [-0.1, -0.05) is 22.9 Å². The number of nitrogens with one attached hydrogen (secondary N) is 1. The number of hydrogen-bond acceptors (Lipinski definition) is 6. The molecule has 0 saturated heterocycles. The molecule has 1 fully saturated rings. The first-order valence-electron chi connectivity index (χ1n) is 9.65. The molecule has 3 aromatic rings. The highest BCUT2D eigenvalue weighted by Gasteiger charge is 2.29. The van der Waals surface area contributed by atoms with E-state index in [0.29, 0.717) is 28.3 Å². The van der Waals surface area contributed by atoms with E-state index >= 15 is 0 Å². The van der Waals surface area contributed by atoms with E-state index in [-0.39, 0.29) is 12.5 Å². The maximum absolute atomic E-state index is 12.7. The fraction of sp³-hybridized carbons (Fsp3) is 0.364. The lowest BCUT2D eigenvalue weighted by atomic mass is 10.1. The van der Waals surface area contributed by atoms with Crippen LogP contribution >= 0.6 is 0 Å². The number of benzene rings is 1. The number of anilines is 1. The Labute approximate surface area is 168 Å². The Morgan fingerprint density at radius 3 is 2.48 bits per heavy atom. The first-order valence-corrected chi connectivity index (χ1v) is 9.65. The summed E-state index contributed by atoms with van der Waals surface area (Å²) < 4.78 is 10.6. The summed E-state index contributed by atoms with van der Waals surface area (Å²) in [5.41, 5.74) is 5.84. The molecule has 0 atom stereocenters. The van der Waals surface area contributed by atoms with Crippen LogP contribution in [0.5, 0.6) is 0 Å². The highest BCUT2D eigenvalue weighted by Crippen LogP contribution is 2.40. The van der Waals surface area contributed by atoms with Gasteiger partial charge >= 0.3 is 5.97 Å². The Kier molecular flexibility index (Phi) is 4.82. The Morgan fingerprint density at radius 1 is 1.14 bits per heavy atom. The molecule has 1 amide bonds. The van der Waals surface area contributed by atoms with Crippen molar-refractivity contribution in [2.24, 2.45) is 0 Å². The number of aromatic nitrogens is 2. The van der Waals surface area contributed by atoms with Crippen molar-refractivity contribution in [2.45, 2.75) is 46.5 Å². The predicted molar refractivity (Wildman–Crippen MR) is 108 cm³/mol. The summed E-state index contributed by atoms with van der Waals surface area (Å²) in [6.45, 7) is 7.24. The van der Waals surface area contributed by atoms with Crippen molar-refractivity contribution in [3.63, 3.8) is 0 Å². The Morgan fingerprint density at radius 2 is 1.83 bits per heavy atom. The van der Waals surface area contributed by atoms with Crippen LogP contribution in [0.2, 0.25) is 0 Å². The van der Waals surface area contributed by atoms with Gasteiger partial charge in [-0.25, -0.2) is 9.78 Å². The third-order valence-corrected chi connectivity index (χ3v) is 5.13. The summed E-state index contributed by atoms with van der Waals surface area (Å²) >= 11 is 0. The number of rotatable bonds is 5. The van der Waals surface area contributed by atoms with Gasteiger partial charge < -0.3 is 14.6 Å². The number of aryl methyl sites for hydroxylation is 4. The fourth-order valence-corrected chi connectivity index (χ4v) is 3.62. The lowest BCUT2D eigenvalue weighted by Gasteiger charge is -2.13. The summed E-state index contributed by atoms with van der Waals surface area (Å²) in [4.78, 5) is 29.6. The zero-order chi connectivity index (χ0) is 20.7. The van der Waals surface area contributed by atoms with E-state index < -0.39 is 5.97 Å². The van der Waals surface area contributed by atoms with Gasteiger partial charge in [-0.05, 0) is 57.7 Å². The number of esters is 1. The van der Waals surface area contributed by atoms with Gasteiger partial charge in [0.1, 0.15) is 0 Å². The molecule has 7 nitrogen and oxygen atoms in total. The smallest absolute Gasteiger partial charge is 0.339 e. The zero-order valence-electron chi connectivity index (χ0n) is 17.0. The standard InChI is InChI=1S/C22H23N3O4/c1-11-7-12(2)20(13(3)8-11)24-18(26)10-28-22(27)16-9-17(15-5-6-15)23-21-19(16)14(4)25-29-21/h7-9,15H,5-6,10H2,1-4H3,(H,24,26). The second kappa shape index (κ2) is 7.31. The van der Waals surface area contributed by atoms with Crippen LogP contribution < -0.4 is 5.32 Å². The molecule has 1 saturated carbocycles. The van der Waals surface area contributed by atoms with Crippen molar-refractivity contribution in [1.29, 1.82) is 0 Å². The third-order valence-electron chi connectivity index (χ3n) is 5.13. The largest absolute Gasteiger partial charge is 0.452 e. The molecule has 29 heavy (non-hydrogen) atoms. The maximum atomic E-state index is 12.7. The molecular formula is C22H23N3O4. The highest BCUT2D eigenvalue weighted by molar-refractivity contribution is 6.04. The van der Waals surface area contributed by atoms with Crippen molar-refractivity contribution in [3.05, 3.63) is 51.8 Å². The number of hydrogen-bond donors (Lipinski definition) is 1. The molecule has 4 rings (SSSR count). The second-order valence-corrected chi connectivity index (χ2v) is 7.72. The van der Waals surface area contributed by atoms with Gasteiger partial charge in [0, 0.05) is 17.3 Å². The molecule has 2 aromatic heterocycles. The molecule has 7 heteroatoms. The third kappa shape index (κ3) is 3.85. The summed E-state index contributed by atoms with van der Waals surface area (Å²) in [7, 11) is 0. The number of amides is 1. The molecule has 150 valence electrons. The van der Waals surface area contributed by atoms with Crippen molar-refractivity contribution in [3.8, 4) is 0 Å². The molecular weight excluding hydrogens is 370 g/mol. The monoisotopic (exact) mass is 393 g/mol. The Balaban J connectivity index is 1.50. The van der Waals surface area contributed by atoms with E-state index in [2.05, 4.69) is 15.5 Å². The topological polar surface area (TPSA) is 94.3 Å². The van der Waals surface area contributed by atoms with E-state index in [1.807, 2.05) is 32.9 Å². The number of ether oxygens (including phenoxy) is 1. The average Bonchev–Trinajstić information content (AvgIpc) is 3.45. The zero-order valence-corrected chi connectivity index (χ0v) is 17.0. The molecule has 0 bridgehead atoms. The van der Waals surface area contributed by atoms with Gasteiger partial charge in [0.25, 0.3) is 11.6 Å². The molecule has 1 aliphatic carbocycles. The van der Waals surface area contributed by atoms with Crippen LogP contribution in [0.1, 0.15) is 57.2 Å². The van der Waals surface area contributed by atoms with Crippen molar-refractivity contribution in [1.82, 2.24) is 10.1 Å². The molecule has 1 aliphatic rings. The molecule has 1 aromatic carbocycles. The fourth-order valence-electron chi connectivity index (χ4n) is 3.62. The van der Waals surface area contributed by atoms with Crippen molar-refractivity contribution in [2.75, 3.05) is 11.9 Å². The molecule has 0 spiro atoms. The minimum Gasteiger partial charge on any atom is -0.452 e. The van der Waals surface area contributed by atoms with E-state index in [0.717, 1.165) is 40.9 Å². The number of fused-ring (bicyclic) bond motifs is 1. The second-order valence-electron chi connectivity index (χ2n) is 7.72. The number of carbonyl (C=O) groups excluding carboxylic acids is 2. The van der Waals surface area contributed by atoms with Crippen LogP contribution in [0, 0.1) is 27.7 Å². The molecule has 0 unspecified atom stereocenters. The van der Waals surface area contributed by atoms with Crippen LogP contribution in [0.25, 0.3) is 11.1 Å². The summed E-state index contributed by atoms with van der Waals surface area (Å²) in [6.07, 6.45) is 2.08. The predicted octanol–water partition coefficient (Wildman–Crippen LogP) is 4.13. The number of nitrogens with zero attached hydrogens (tertiary/aromatic N) is 2. The van der Waals surface area contributed by atoms with Crippen molar-refractivity contribution < 1.29 is 18.8 Å². The van der Waals surface area contributed by atoms with Gasteiger partial charge in [-0.3, -0.25) is 4.79 Å². The van der Waals surface area contributed by atoms with E-state index in [9.17, 15) is 9.59 Å². The average molecular weight is 393 g/mol. The number of carbonyl (C=O) groups is 2. The minimum atomic E-state index is -0.585. The first-order chi connectivity index (χ1) is 13.8. The summed E-state index contributed by atoms with van der Waals surface area (Å²) in [5.74, 6) is -0.631. The van der Waals surface area contributed by atoms with E-state index in [1.54, 1.807) is 13.0 Å². The van der Waals surface area contributed by atoms with Gasteiger partial charge in [0.15, 0.2) is 6.61 Å². The lowest BCUT2D eigenvalue weighted by molar-refractivity contribution is -0.119. The van der Waals surface area contributed by atoms with Gasteiger partial charge in [0.2, 0.25) is 0 Å². The quantitative estimate of drug-likeness (QED) is 0.655. The highest BCUT2D eigenvalue weighted by atomic mass is 16.5. The van der Waals surface area contributed by atoms with Crippen LogP contribution in [-0.2, 0) is 9.53 Å². The van der Waals surface area contributed by atoms with Gasteiger partial charge in [-0.2, -0.15) is 0 Å². The first kappa shape index (κ1) is 19.1.